The lowest BCUT2D eigenvalue weighted by Crippen LogP contribution is -2.45. The van der Waals surface area contributed by atoms with E-state index in [0.29, 0.717) is 18.5 Å². The number of nitrogens with zero attached hydrogens (tertiary/aromatic N) is 2. The molecule has 5 nitrogen and oxygen atoms in total. The second-order valence-electron chi connectivity index (χ2n) is 7.66. The average Bonchev–Trinajstić information content (AvgIpc) is 2.76. The fourth-order valence-electron chi connectivity index (χ4n) is 4.12. The third kappa shape index (κ3) is 5.97. The van der Waals surface area contributed by atoms with E-state index in [1.807, 2.05) is 6.07 Å². The molecular weight excluding hydrogens is 360 g/mol. The highest BCUT2D eigenvalue weighted by atomic mass is 16.5. The van der Waals surface area contributed by atoms with Gasteiger partial charge in [-0.05, 0) is 62.5 Å². The van der Waals surface area contributed by atoms with Crippen LogP contribution in [0, 0.1) is 5.92 Å². The lowest BCUT2D eigenvalue weighted by Gasteiger charge is -2.40. The van der Waals surface area contributed by atoms with Crippen LogP contribution in [0.3, 0.4) is 0 Å². The van der Waals surface area contributed by atoms with Gasteiger partial charge in [0.05, 0.1) is 13.7 Å². The van der Waals surface area contributed by atoms with Gasteiger partial charge in [-0.15, -0.1) is 0 Å². The zero-order valence-corrected chi connectivity index (χ0v) is 17.9. The summed E-state index contributed by atoms with van der Waals surface area (Å²) < 4.78 is 5.33. The molecule has 0 bridgehead atoms. The normalized spacial score (nSPS) is 20.3. The molecule has 1 aliphatic rings. The first-order valence-corrected chi connectivity index (χ1v) is 10.6. The minimum absolute atomic E-state index is 0.402. The fraction of sp³-hybridized carbons (Fsp3) is 0.458. The van der Waals surface area contributed by atoms with E-state index in [1.54, 1.807) is 7.11 Å². The Balaban J connectivity index is 1.67. The van der Waals surface area contributed by atoms with Gasteiger partial charge in [-0.3, -0.25) is 4.90 Å². The van der Waals surface area contributed by atoms with Crippen molar-refractivity contribution in [1.29, 1.82) is 0 Å². The third-order valence-corrected chi connectivity index (χ3v) is 5.60. The van der Waals surface area contributed by atoms with Gasteiger partial charge in [0, 0.05) is 19.1 Å². The summed E-state index contributed by atoms with van der Waals surface area (Å²) in [6.07, 6.45) is 2.44. The minimum atomic E-state index is 0.402. The van der Waals surface area contributed by atoms with Crippen molar-refractivity contribution in [2.24, 2.45) is 10.9 Å². The summed E-state index contributed by atoms with van der Waals surface area (Å²) in [6, 6.07) is 19.3. The Morgan fingerprint density at radius 3 is 2.55 bits per heavy atom. The van der Waals surface area contributed by atoms with E-state index in [1.165, 1.54) is 24.0 Å². The molecule has 1 heterocycles. The number of aliphatic imine (C=N–C) groups is 1. The van der Waals surface area contributed by atoms with E-state index in [2.05, 4.69) is 78.0 Å². The maximum absolute atomic E-state index is 5.33. The molecule has 2 N–H and O–H groups in total. The number of guanidine groups is 1. The summed E-state index contributed by atoms with van der Waals surface area (Å²) >= 11 is 0. The SMILES string of the molecule is CCNC(=NCc1ccccc1)NCC1CCCN(C)C1c1ccc(OC)cc1. The highest BCUT2D eigenvalue weighted by Crippen LogP contribution is 2.35. The topological polar surface area (TPSA) is 48.9 Å². The third-order valence-electron chi connectivity index (χ3n) is 5.60. The minimum Gasteiger partial charge on any atom is -0.497 e. The van der Waals surface area contributed by atoms with Crippen molar-refractivity contribution in [3.63, 3.8) is 0 Å². The van der Waals surface area contributed by atoms with Crippen LogP contribution in [0.25, 0.3) is 0 Å². The molecule has 1 saturated heterocycles. The first-order valence-electron chi connectivity index (χ1n) is 10.6. The first-order chi connectivity index (χ1) is 14.2. The van der Waals surface area contributed by atoms with Gasteiger partial charge >= 0.3 is 0 Å². The first kappa shape index (κ1) is 21.2. The van der Waals surface area contributed by atoms with E-state index in [4.69, 9.17) is 9.73 Å². The van der Waals surface area contributed by atoms with Gasteiger partial charge in [0.2, 0.25) is 0 Å². The van der Waals surface area contributed by atoms with E-state index < -0.39 is 0 Å². The molecule has 0 saturated carbocycles. The lowest BCUT2D eigenvalue weighted by molar-refractivity contribution is 0.122. The van der Waals surface area contributed by atoms with Gasteiger partial charge in [-0.1, -0.05) is 42.5 Å². The maximum Gasteiger partial charge on any atom is 0.191 e. The highest BCUT2D eigenvalue weighted by Gasteiger charge is 2.30. The standard InChI is InChI=1S/C24H34N4O/c1-4-25-24(26-17-19-9-6-5-7-10-19)27-18-21-11-8-16-28(2)23(21)20-12-14-22(29-3)15-13-20/h5-7,9-10,12-15,21,23H,4,8,11,16-18H2,1-3H3,(H2,25,26,27). The largest absolute Gasteiger partial charge is 0.497 e. The summed E-state index contributed by atoms with van der Waals surface area (Å²) in [5.41, 5.74) is 2.57. The molecule has 2 atom stereocenters. The van der Waals surface area contributed by atoms with Gasteiger partial charge in [0.25, 0.3) is 0 Å². The van der Waals surface area contributed by atoms with Crippen LogP contribution in [-0.4, -0.2) is 44.7 Å². The average molecular weight is 395 g/mol. The molecule has 0 aromatic heterocycles. The molecule has 1 aliphatic heterocycles. The van der Waals surface area contributed by atoms with E-state index >= 15 is 0 Å². The van der Waals surface area contributed by atoms with Gasteiger partial charge in [-0.2, -0.15) is 0 Å². The number of rotatable bonds is 7. The van der Waals surface area contributed by atoms with Crippen molar-refractivity contribution in [3.8, 4) is 5.75 Å². The molecule has 2 aromatic carbocycles. The second kappa shape index (κ2) is 10.9. The van der Waals surface area contributed by atoms with Crippen molar-refractivity contribution in [2.45, 2.75) is 32.4 Å². The molecular formula is C24H34N4O. The fourth-order valence-corrected chi connectivity index (χ4v) is 4.12. The Bertz CT molecular complexity index is 760. The van der Waals surface area contributed by atoms with Crippen molar-refractivity contribution in [2.75, 3.05) is 33.8 Å². The number of likely N-dealkylation sites (tertiary alicyclic amines) is 1. The molecule has 0 spiro atoms. The number of ether oxygens (including phenoxy) is 1. The quantitative estimate of drug-likeness (QED) is 0.553. The van der Waals surface area contributed by atoms with Gasteiger partial charge in [-0.25, -0.2) is 4.99 Å². The summed E-state index contributed by atoms with van der Waals surface area (Å²) in [5.74, 6) is 2.32. The smallest absolute Gasteiger partial charge is 0.191 e. The van der Waals surface area contributed by atoms with Crippen molar-refractivity contribution in [1.82, 2.24) is 15.5 Å². The Morgan fingerprint density at radius 2 is 1.86 bits per heavy atom. The molecule has 0 amide bonds. The van der Waals surface area contributed by atoms with Crippen LogP contribution in [0.5, 0.6) is 5.75 Å². The van der Waals surface area contributed by atoms with E-state index in [9.17, 15) is 0 Å². The van der Waals surface area contributed by atoms with Crippen molar-refractivity contribution in [3.05, 3.63) is 65.7 Å². The molecule has 156 valence electrons. The Hall–Kier alpha value is -2.53. The zero-order valence-electron chi connectivity index (χ0n) is 17.9. The summed E-state index contributed by atoms with van der Waals surface area (Å²) in [7, 11) is 3.95. The second-order valence-corrected chi connectivity index (χ2v) is 7.66. The zero-order chi connectivity index (χ0) is 20.5. The molecule has 1 fully saturated rings. The molecule has 2 aromatic rings. The molecule has 29 heavy (non-hydrogen) atoms. The van der Waals surface area contributed by atoms with Crippen LogP contribution in [0.15, 0.2) is 59.6 Å². The predicted octanol–water partition coefficient (Wildman–Crippen LogP) is 3.83. The van der Waals surface area contributed by atoms with E-state index in [-0.39, 0.29) is 0 Å². The number of nitrogens with one attached hydrogen (secondary N) is 2. The Kier molecular flexibility index (Phi) is 7.94. The number of hydrogen-bond acceptors (Lipinski definition) is 3. The predicted molar refractivity (Wildman–Crippen MR) is 120 cm³/mol. The number of methoxy groups -OCH3 is 1. The van der Waals surface area contributed by atoms with Crippen molar-refractivity contribution < 1.29 is 4.74 Å². The van der Waals surface area contributed by atoms with Crippen LogP contribution in [0.2, 0.25) is 0 Å². The van der Waals surface area contributed by atoms with Crippen LogP contribution in [0.1, 0.15) is 36.9 Å². The summed E-state index contributed by atoms with van der Waals surface area (Å²) in [4.78, 5) is 7.25. The molecule has 0 radical (unpaired) electrons. The number of benzene rings is 2. The monoisotopic (exact) mass is 394 g/mol. The molecule has 2 unspecified atom stereocenters. The summed E-state index contributed by atoms with van der Waals surface area (Å²) in [5, 5.41) is 6.97. The summed E-state index contributed by atoms with van der Waals surface area (Å²) in [6.45, 7) is 5.68. The number of piperidine rings is 1. The molecule has 5 heteroatoms. The highest BCUT2D eigenvalue weighted by molar-refractivity contribution is 5.79. The van der Waals surface area contributed by atoms with Crippen LogP contribution in [0.4, 0.5) is 0 Å². The van der Waals surface area contributed by atoms with Crippen LogP contribution >= 0.6 is 0 Å². The van der Waals surface area contributed by atoms with Gasteiger partial charge < -0.3 is 15.4 Å². The maximum atomic E-state index is 5.33. The molecule has 0 aliphatic carbocycles. The van der Waals surface area contributed by atoms with Crippen LogP contribution in [-0.2, 0) is 6.54 Å². The van der Waals surface area contributed by atoms with Crippen molar-refractivity contribution >= 4 is 5.96 Å². The van der Waals surface area contributed by atoms with Gasteiger partial charge in [0.1, 0.15) is 5.75 Å². The van der Waals surface area contributed by atoms with Crippen LogP contribution < -0.4 is 15.4 Å². The van der Waals surface area contributed by atoms with Gasteiger partial charge in [0.15, 0.2) is 5.96 Å². The number of hydrogen-bond donors (Lipinski definition) is 2. The molecule has 3 rings (SSSR count). The lowest BCUT2D eigenvalue weighted by atomic mass is 9.85. The Labute approximate surface area is 175 Å². The Morgan fingerprint density at radius 1 is 1.10 bits per heavy atom. The van der Waals surface area contributed by atoms with E-state index in [0.717, 1.165) is 31.3 Å².